The van der Waals surface area contributed by atoms with Crippen LogP contribution in [0, 0.1) is 17.6 Å². The van der Waals surface area contributed by atoms with Crippen LogP contribution in [0.5, 0.6) is 0 Å². The summed E-state index contributed by atoms with van der Waals surface area (Å²) in [4.78, 5) is 26.6. The minimum atomic E-state index is -0.935. The molecule has 7 nitrogen and oxygen atoms in total. The van der Waals surface area contributed by atoms with Gasteiger partial charge in [0.15, 0.2) is 17.5 Å². The number of likely N-dealkylation sites (tertiary alicyclic amines) is 1. The van der Waals surface area contributed by atoms with Crippen molar-refractivity contribution >= 4 is 28.4 Å². The topological polar surface area (TPSA) is 73.4 Å². The van der Waals surface area contributed by atoms with Crippen LogP contribution in [0.4, 0.5) is 20.2 Å². The van der Waals surface area contributed by atoms with Gasteiger partial charge in [-0.3, -0.25) is 9.69 Å². The fourth-order valence-corrected chi connectivity index (χ4v) is 6.22. The summed E-state index contributed by atoms with van der Waals surface area (Å²) in [6.07, 6.45) is 7.47. The molecule has 0 saturated carbocycles. The van der Waals surface area contributed by atoms with Crippen LogP contribution in [0.3, 0.4) is 0 Å². The molecular formula is C38H38F2N6O. The normalized spacial score (nSPS) is 16.4. The van der Waals surface area contributed by atoms with Gasteiger partial charge in [-0.15, -0.1) is 0 Å². The maximum absolute atomic E-state index is 13.9. The largest absolute Gasteiger partial charge is 0.388 e. The van der Waals surface area contributed by atoms with E-state index in [2.05, 4.69) is 73.9 Å². The highest BCUT2D eigenvalue weighted by Gasteiger charge is 2.29. The molecule has 0 radical (unpaired) electrons. The Kier molecular flexibility index (Phi) is 9.54. The van der Waals surface area contributed by atoms with Gasteiger partial charge >= 0.3 is 0 Å². The zero-order valence-electron chi connectivity index (χ0n) is 26.5. The SMILES string of the molecule is C=C(c1ccc(F)c(F)c1)c1cc(NC(=O)C2CCN(CC(=C)N3CC=C(c4ccc(-c5ncccn5)cc4)CC3)C2)ccc1NC. The molecule has 1 saturated heterocycles. The van der Waals surface area contributed by atoms with E-state index in [1.54, 1.807) is 19.4 Å². The van der Waals surface area contributed by atoms with Crippen LogP contribution in [0.15, 0.2) is 104 Å². The fraction of sp³-hybridized carbons (Fsp3) is 0.237. The summed E-state index contributed by atoms with van der Waals surface area (Å²) in [5, 5.41) is 6.17. The number of rotatable bonds is 10. The molecule has 0 aliphatic carbocycles. The quantitative estimate of drug-likeness (QED) is 0.195. The first-order chi connectivity index (χ1) is 22.8. The Bertz CT molecular complexity index is 1820. The van der Waals surface area contributed by atoms with Gasteiger partial charge in [-0.25, -0.2) is 18.7 Å². The van der Waals surface area contributed by atoms with Crippen molar-refractivity contribution in [3.05, 3.63) is 132 Å². The van der Waals surface area contributed by atoms with Gasteiger partial charge in [-0.2, -0.15) is 0 Å². The minimum Gasteiger partial charge on any atom is -0.388 e. The summed E-state index contributed by atoms with van der Waals surface area (Å²) < 4.78 is 27.4. The van der Waals surface area contributed by atoms with Crippen molar-refractivity contribution in [1.82, 2.24) is 19.8 Å². The number of nitrogens with one attached hydrogen (secondary N) is 2. The molecular weight excluding hydrogens is 594 g/mol. The molecule has 2 aliphatic rings. The average molecular weight is 633 g/mol. The number of carbonyl (C=O) groups is 1. The highest BCUT2D eigenvalue weighted by Crippen LogP contribution is 2.32. The van der Waals surface area contributed by atoms with Crippen LogP contribution in [-0.4, -0.2) is 65.4 Å². The third-order valence-electron chi connectivity index (χ3n) is 8.93. The van der Waals surface area contributed by atoms with E-state index in [0.29, 0.717) is 35.5 Å². The predicted molar refractivity (Wildman–Crippen MR) is 184 cm³/mol. The molecule has 1 fully saturated rings. The van der Waals surface area contributed by atoms with E-state index in [0.717, 1.165) is 67.4 Å². The van der Waals surface area contributed by atoms with Crippen molar-refractivity contribution in [1.29, 1.82) is 0 Å². The summed E-state index contributed by atoms with van der Waals surface area (Å²) in [5.41, 5.74) is 7.65. The van der Waals surface area contributed by atoms with Gasteiger partial charge in [0.2, 0.25) is 5.91 Å². The van der Waals surface area contributed by atoms with Gasteiger partial charge in [0.25, 0.3) is 0 Å². The molecule has 47 heavy (non-hydrogen) atoms. The molecule has 0 bridgehead atoms. The maximum atomic E-state index is 13.9. The van der Waals surface area contributed by atoms with Gasteiger partial charge in [-0.1, -0.05) is 49.6 Å². The number of aromatic nitrogens is 2. The van der Waals surface area contributed by atoms with Gasteiger partial charge in [0.05, 0.1) is 5.92 Å². The van der Waals surface area contributed by atoms with E-state index in [1.807, 2.05) is 24.3 Å². The highest BCUT2D eigenvalue weighted by atomic mass is 19.2. The number of anilines is 2. The predicted octanol–water partition coefficient (Wildman–Crippen LogP) is 7.09. The maximum Gasteiger partial charge on any atom is 0.228 e. The Balaban J connectivity index is 1.01. The van der Waals surface area contributed by atoms with Gasteiger partial charge in [0.1, 0.15) is 0 Å². The number of hydrogen-bond acceptors (Lipinski definition) is 6. The second-order valence-corrected chi connectivity index (χ2v) is 12.0. The van der Waals surface area contributed by atoms with Crippen LogP contribution >= 0.6 is 0 Å². The Morgan fingerprint density at radius 2 is 1.72 bits per heavy atom. The molecule has 3 heterocycles. The van der Waals surface area contributed by atoms with E-state index in [-0.39, 0.29) is 11.8 Å². The first-order valence-corrected chi connectivity index (χ1v) is 15.8. The second kappa shape index (κ2) is 14.1. The first kappa shape index (κ1) is 31.8. The first-order valence-electron chi connectivity index (χ1n) is 15.8. The van der Waals surface area contributed by atoms with E-state index < -0.39 is 11.6 Å². The van der Waals surface area contributed by atoms with E-state index >= 15 is 0 Å². The fourth-order valence-electron chi connectivity index (χ4n) is 6.22. The Hall–Kier alpha value is -5.15. The zero-order chi connectivity index (χ0) is 32.9. The van der Waals surface area contributed by atoms with Crippen LogP contribution in [-0.2, 0) is 4.79 Å². The molecule has 1 atom stereocenters. The highest BCUT2D eigenvalue weighted by molar-refractivity contribution is 5.95. The van der Waals surface area contributed by atoms with Crippen LogP contribution in [0.2, 0.25) is 0 Å². The second-order valence-electron chi connectivity index (χ2n) is 12.0. The lowest BCUT2D eigenvalue weighted by atomic mass is 9.97. The molecule has 0 spiro atoms. The molecule has 1 aromatic heterocycles. The van der Waals surface area contributed by atoms with Crippen molar-refractivity contribution < 1.29 is 13.6 Å². The average Bonchev–Trinajstić information content (AvgIpc) is 3.58. The third kappa shape index (κ3) is 7.31. The molecule has 4 aromatic rings. The summed E-state index contributed by atoms with van der Waals surface area (Å²) in [7, 11) is 1.77. The molecule has 2 N–H and O–H groups in total. The summed E-state index contributed by atoms with van der Waals surface area (Å²) in [5.74, 6) is -1.32. The smallest absolute Gasteiger partial charge is 0.228 e. The third-order valence-corrected chi connectivity index (χ3v) is 8.93. The molecule has 9 heteroatoms. The molecule has 240 valence electrons. The van der Waals surface area contributed by atoms with E-state index in [9.17, 15) is 13.6 Å². The van der Waals surface area contributed by atoms with Gasteiger partial charge < -0.3 is 15.5 Å². The van der Waals surface area contributed by atoms with Crippen molar-refractivity contribution in [3.63, 3.8) is 0 Å². The van der Waals surface area contributed by atoms with Crippen molar-refractivity contribution in [3.8, 4) is 11.4 Å². The van der Waals surface area contributed by atoms with Gasteiger partial charge in [0, 0.05) is 73.8 Å². The van der Waals surface area contributed by atoms with Crippen molar-refractivity contribution in [2.24, 2.45) is 5.92 Å². The lowest BCUT2D eigenvalue weighted by Gasteiger charge is -2.32. The number of nitrogens with zero attached hydrogens (tertiary/aromatic N) is 4. The van der Waals surface area contributed by atoms with E-state index in [1.165, 1.54) is 17.2 Å². The monoisotopic (exact) mass is 632 g/mol. The summed E-state index contributed by atoms with van der Waals surface area (Å²) >= 11 is 0. The molecule has 2 aliphatic heterocycles. The number of carbonyl (C=O) groups excluding carboxylic acids is 1. The number of halogens is 2. The summed E-state index contributed by atoms with van der Waals surface area (Å²) in [6, 6.07) is 19.4. The van der Waals surface area contributed by atoms with Crippen LogP contribution in [0.1, 0.15) is 29.5 Å². The molecule has 3 aromatic carbocycles. The number of amides is 1. The lowest BCUT2D eigenvalue weighted by molar-refractivity contribution is -0.119. The molecule has 1 amide bonds. The van der Waals surface area contributed by atoms with Crippen molar-refractivity contribution in [2.45, 2.75) is 12.8 Å². The number of benzene rings is 3. The van der Waals surface area contributed by atoms with Crippen LogP contribution < -0.4 is 10.6 Å². The Labute approximate surface area is 274 Å². The van der Waals surface area contributed by atoms with E-state index in [4.69, 9.17) is 0 Å². The number of hydrogen-bond donors (Lipinski definition) is 2. The Morgan fingerprint density at radius 3 is 2.43 bits per heavy atom. The molecule has 1 unspecified atom stereocenters. The standard InChI is InChI=1S/C38H38F2N6O/c1-25(46-19-14-28(15-20-46)27-5-7-29(8-6-27)37-42-16-4-17-43-37)23-45-18-13-31(24-45)38(47)44-32-10-12-36(41-3)33(22-32)26(2)30-9-11-34(39)35(40)21-30/h4-12,14,16-17,21-22,31,41H,1-2,13,15,18-20,23-24H2,3H3,(H,44,47). The minimum absolute atomic E-state index is 0.0462. The van der Waals surface area contributed by atoms with Crippen molar-refractivity contribution in [2.75, 3.05) is 50.4 Å². The zero-order valence-corrected chi connectivity index (χ0v) is 26.5. The Morgan fingerprint density at radius 1 is 0.957 bits per heavy atom. The van der Waals surface area contributed by atoms with Crippen LogP contribution in [0.25, 0.3) is 22.5 Å². The summed E-state index contributed by atoms with van der Waals surface area (Å²) in [6.45, 7) is 12.4. The van der Waals surface area contributed by atoms with Gasteiger partial charge in [-0.05, 0) is 78.1 Å². The molecule has 6 rings (SSSR count). The lowest BCUT2D eigenvalue weighted by Crippen LogP contribution is -2.35.